The molecule has 2 saturated heterocycles. The number of nitrogens with two attached hydrogens (primary N) is 2. The SMILES string of the molecule is N=NC1=NC(N=NN)=C(Cl)NC1C(=O)NC1NC2(CCN(CC3CCCCC3)CC2)CN1N. The molecule has 3 heterocycles. The Morgan fingerprint density at radius 2 is 2.03 bits per heavy atom. The van der Waals surface area contributed by atoms with Crippen molar-refractivity contribution in [3.05, 3.63) is 11.0 Å². The molecule has 0 aromatic heterocycles. The molecule has 14 heteroatoms. The molecule has 2 unspecified atom stereocenters. The zero-order valence-corrected chi connectivity index (χ0v) is 19.4. The van der Waals surface area contributed by atoms with Crippen molar-refractivity contribution >= 4 is 23.3 Å². The Kier molecular flexibility index (Phi) is 7.54. The van der Waals surface area contributed by atoms with E-state index in [0.29, 0.717) is 6.54 Å². The van der Waals surface area contributed by atoms with Gasteiger partial charge in [0.05, 0.1) is 0 Å². The van der Waals surface area contributed by atoms with Crippen LogP contribution in [0, 0.1) is 11.4 Å². The third-order valence-electron chi connectivity index (χ3n) is 7.07. The predicted molar refractivity (Wildman–Crippen MR) is 122 cm³/mol. The number of rotatable bonds is 5. The number of amidine groups is 1. The second kappa shape index (κ2) is 10.4. The molecule has 4 aliphatic rings. The smallest absolute Gasteiger partial charge is 0.252 e. The van der Waals surface area contributed by atoms with E-state index in [-0.39, 0.29) is 22.4 Å². The van der Waals surface area contributed by atoms with E-state index < -0.39 is 18.2 Å². The highest BCUT2D eigenvalue weighted by molar-refractivity contribution is 6.30. The summed E-state index contributed by atoms with van der Waals surface area (Å²) >= 11 is 6.08. The number of aliphatic imine (C=N–C) groups is 1. The Labute approximate surface area is 197 Å². The number of nitrogens with zero attached hydrogens (tertiary/aromatic N) is 6. The molecule has 4 rings (SSSR count). The Balaban J connectivity index is 1.31. The van der Waals surface area contributed by atoms with Gasteiger partial charge in [0, 0.05) is 18.6 Å². The maximum absolute atomic E-state index is 12.9. The normalized spacial score (nSPS) is 29.3. The van der Waals surface area contributed by atoms with Gasteiger partial charge >= 0.3 is 0 Å². The molecule has 1 spiro atoms. The summed E-state index contributed by atoms with van der Waals surface area (Å²) in [4.78, 5) is 19.5. The first-order valence-electron chi connectivity index (χ1n) is 11.5. The van der Waals surface area contributed by atoms with Crippen LogP contribution in [0.2, 0.25) is 0 Å². The van der Waals surface area contributed by atoms with Gasteiger partial charge in [-0.3, -0.25) is 16.0 Å². The van der Waals surface area contributed by atoms with Gasteiger partial charge in [0.15, 0.2) is 17.0 Å². The standard InChI is InChI=1S/C19H33ClN12O/c20-14-16(29-30-22)25-15(28-21)13(24-14)17(33)26-18-27-19(11-32(18)23)6-8-31(9-7-19)10-12-4-2-1-3-5-12/h12-13,18,21,24,27H,1-11,23H2,(H2,22,29)(H,26,33). The van der Waals surface area contributed by atoms with E-state index in [0.717, 1.165) is 31.8 Å². The molecule has 0 bridgehead atoms. The molecular weight excluding hydrogens is 448 g/mol. The van der Waals surface area contributed by atoms with E-state index in [1.54, 1.807) is 5.01 Å². The number of hydrogen-bond donors (Lipinski definition) is 6. The molecule has 2 atom stereocenters. The minimum atomic E-state index is -1.06. The molecule has 3 fully saturated rings. The van der Waals surface area contributed by atoms with Crippen molar-refractivity contribution in [1.82, 2.24) is 25.9 Å². The molecule has 3 aliphatic heterocycles. The van der Waals surface area contributed by atoms with Crippen LogP contribution in [0.15, 0.2) is 31.4 Å². The summed E-state index contributed by atoms with van der Waals surface area (Å²) in [6, 6.07) is -1.06. The Hall–Kier alpha value is -2.19. The highest BCUT2D eigenvalue weighted by atomic mass is 35.5. The number of carbonyl (C=O) groups excluding carboxylic acids is 1. The van der Waals surface area contributed by atoms with Gasteiger partial charge in [0.2, 0.25) is 5.82 Å². The summed E-state index contributed by atoms with van der Waals surface area (Å²) in [6.07, 6.45) is 8.20. The van der Waals surface area contributed by atoms with E-state index in [1.807, 2.05) is 0 Å². The number of amides is 1. The zero-order valence-electron chi connectivity index (χ0n) is 18.6. The van der Waals surface area contributed by atoms with Gasteiger partial charge in [-0.2, -0.15) is 0 Å². The van der Waals surface area contributed by atoms with Crippen molar-refractivity contribution in [1.29, 1.82) is 5.53 Å². The number of likely N-dealkylation sites (tertiary alicyclic amines) is 1. The maximum Gasteiger partial charge on any atom is 0.252 e. The monoisotopic (exact) mass is 480 g/mol. The number of hydrogen-bond acceptors (Lipinski definition) is 11. The molecule has 1 amide bonds. The topological polar surface area (TPSA) is 185 Å². The summed E-state index contributed by atoms with van der Waals surface area (Å²) in [5.74, 6) is 11.5. The fourth-order valence-corrected chi connectivity index (χ4v) is 5.46. The first-order valence-corrected chi connectivity index (χ1v) is 11.9. The summed E-state index contributed by atoms with van der Waals surface area (Å²) in [6.45, 7) is 3.87. The molecule has 33 heavy (non-hydrogen) atoms. The van der Waals surface area contributed by atoms with E-state index in [4.69, 9.17) is 28.8 Å². The van der Waals surface area contributed by atoms with Crippen molar-refractivity contribution in [3.8, 4) is 0 Å². The van der Waals surface area contributed by atoms with Crippen LogP contribution in [0.4, 0.5) is 0 Å². The highest BCUT2D eigenvalue weighted by Crippen LogP contribution is 2.30. The molecule has 0 aromatic carbocycles. The van der Waals surface area contributed by atoms with Gasteiger partial charge in [-0.15, -0.1) is 10.2 Å². The van der Waals surface area contributed by atoms with Crippen molar-refractivity contribution in [2.24, 2.45) is 38.0 Å². The number of carbonyl (C=O) groups is 1. The summed E-state index contributed by atoms with van der Waals surface area (Å²) in [7, 11) is 0. The fraction of sp³-hybridized carbons (Fsp3) is 0.789. The van der Waals surface area contributed by atoms with E-state index >= 15 is 0 Å². The molecule has 0 radical (unpaired) electrons. The van der Waals surface area contributed by atoms with Crippen LogP contribution >= 0.6 is 11.6 Å². The zero-order chi connectivity index (χ0) is 23.4. The fourth-order valence-electron chi connectivity index (χ4n) is 5.27. The first-order chi connectivity index (χ1) is 15.9. The number of hydrazine groups is 1. The Morgan fingerprint density at radius 1 is 1.30 bits per heavy atom. The minimum absolute atomic E-state index is 0.0115. The lowest BCUT2D eigenvalue weighted by atomic mass is 9.85. The van der Waals surface area contributed by atoms with Crippen molar-refractivity contribution < 1.29 is 4.79 Å². The van der Waals surface area contributed by atoms with Gasteiger partial charge in [-0.1, -0.05) is 36.1 Å². The summed E-state index contributed by atoms with van der Waals surface area (Å²) < 4.78 is 0. The quantitative estimate of drug-likeness (QED) is 0.144. The van der Waals surface area contributed by atoms with Gasteiger partial charge in [0.1, 0.15) is 6.29 Å². The van der Waals surface area contributed by atoms with Gasteiger partial charge in [0.25, 0.3) is 5.91 Å². The molecular formula is C19H33ClN12O. The van der Waals surface area contributed by atoms with Gasteiger partial charge < -0.3 is 21.4 Å². The molecule has 0 aromatic rings. The molecule has 182 valence electrons. The number of halogens is 1. The average molecular weight is 481 g/mol. The first kappa shape index (κ1) is 24.0. The van der Waals surface area contributed by atoms with Gasteiger partial charge in [-0.25, -0.2) is 15.5 Å². The lowest BCUT2D eigenvalue weighted by Crippen LogP contribution is -2.60. The lowest BCUT2D eigenvalue weighted by molar-refractivity contribution is -0.123. The van der Waals surface area contributed by atoms with Gasteiger partial charge in [-0.05, 0) is 44.7 Å². The van der Waals surface area contributed by atoms with E-state index in [9.17, 15) is 4.79 Å². The number of piperidine rings is 1. The third kappa shape index (κ3) is 5.49. The largest absolute Gasteiger partial charge is 0.355 e. The van der Waals surface area contributed by atoms with Crippen LogP contribution in [0.3, 0.4) is 0 Å². The average Bonchev–Trinajstić information content (AvgIpc) is 3.11. The van der Waals surface area contributed by atoms with Crippen LogP contribution in [-0.2, 0) is 4.79 Å². The highest BCUT2D eigenvalue weighted by Gasteiger charge is 2.45. The molecule has 1 saturated carbocycles. The van der Waals surface area contributed by atoms with Crippen LogP contribution in [0.25, 0.3) is 0 Å². The summed E-state index contributed by atoms with van der Waals surface area (Å²) in [5, 5.41) is 20.7. The maximum atomic E-state index is 12.9. The van der Waals surface area contributed by atoms with Crippen LogP contribution in [0.1, 0.15) is 44.9 Å². The third-order valence-corrected chi connectivity index (χ3v) is 7.35. The Bertz CT molecular complexity index is 831. The van der Waals surface area contributed by atoms with E-state index in [1.165, 1.54) is 38.6 Å². The second-order valence-corrected chi connectivity index (χ2v) is 9.70. The van der Waals surface area contributed by atoms with Crippen molar-refractivity contribution in [3.63, 3.8) is 0 Å². The Morgan fingerprint density at radius 3 is 2.70 bits per heavy atom. The number of nitrogens with one attached hydrogen (secondary N) is 4. The molecule has 13 nitrogen and oxygen atoms in total. The minimum Gasteiger partial charge on any atom is -0.355 e. The second-order valence-electron chi connectivity index (χ2n) is 9.32. The van der Waals surface area contributed by atoms with Crippen LogP contribution in [0.5, 0.6) is 0 Å². The van der Waals surface area contributed by atoms with Crippen LogP contribution in [-0.4, -0.2) is 65.7 Å². The van der Waals surface area contributed by atoms with Crippen molar-refractivity contribution in [2.75, 3.05) is 26.2 Å². The van der Waals surface area contributed by atoms with Crippen LogP contribution < -0.4 is 27.6 Å². The predicted octanol–water partition coefficient (Wildman–Crippen LogP) is 0.673. The summed E-state index contributed by atoms with van der Waals surface area (Å²) in [5.41, 5.74) is 7.21. The van der Waals surface area contributed by atoms with Crippen molar-refractivity contribution in [2.45, 2.75) is 62.8 Å². The lowest BCUT2D eigenvalue weighted by Gasteiger charge is -2.41. The molecule has 1 aliphatic carbocycles. The van der Waals surface area contributed by atoms with E-state index in [2.05, 4.69) is 41.3 Å². The molecule has 8 N–H and O–H groups in total.